The molecule has 0 fully saturated rings. The SMILES string of the molecule is COc1cc(NC(C)c2cccc(Br)c2)ncn1. The molecule has 0 spiro atoms. The molecular formula is C13H14BrN3O. The summed E-state index contributed by atoms with van der Waals surface area (Å²) < 4.78 is 6.13. The van der Waals surface area contributed by atoms with Crippen molar-refractivity contribution >= 4 is 21.7 Å². The highest BCUT2D eigenvalue weighted by Crippen LogP contribution is 2.22. The quantitative estimate of drug-likeness (QED) is 0.940. The molecule has 94 valence electrons. The fourth-order valence-electron chi connectivity index (χ4n) is 1.61. The van der Waals surface area contributed by atoms with Crippen molar-refractivity contribution in [2.45, 2.75) is 13.0 Å². The first-order chi connectivity index (χ1) is 8.69. The summed E-state index contributed by atoms with van der Waals surface area (Å²) in [6.45, 7) is 2.08. The van der Waals surface area contributed by atoms with Crippen molar-refractivity contribution in [1.82, 2.24) is 9.97 Å². The van der Waals surface area contributed by atoms with E-state index in [0.717, 1.165) is 10.3 Å². The van der Waals surface area contributed by atoms with Crippen molar-refractivity contribution in [2.24, 2.45) is 0 Å². The first-order valence-corrected chi connectivity index (χ1v) is 6.36. The topological polar surface area (TPSA) is 47.0 Å². The monoisotopic (exact) mass is 307 g/mol. The van der Waals surface area contributed by atoms with E-state index in [-0.39, 0.29) is 6.04 Å². The number of nitrogens with one attached hydrogen (secondary N) is 1. The standard InChI is InChI=1S/C13H14BrN3O/c1-9(10-4-3-5-11(14)6-10)17-12-7-13(18-2)16-8-15-12/h3-9H,1-2H3,(H,15,16,17). The Labute approximate surface area is 115 Å². The minimum Gasteiger partial charge on any atom is -0.481 e. The molecule has 0 amide bonds. The third kappa shape index (κ3) is 3.20. The zero-order chi connectivity index (χ0) is 13.0. The number of rotatable bonds is 4. The lowest BCUT2D eigenvalue weighted by molar-refractivity contribution is 0.397. The highest BCUT2D eigenvalue weighted by atomic mass is 79.9. The van der Waals surface area contributed by atoms with E-state index in [9.17, 15) is 0 Å². The molecule has 1 aromatic heterocycles. The fraction of sp³-hybridized carbons (Fsp3) is 0.231. The van der Waals surface area contributed by atoms with Gasteiger partial charge in [-0.3, -0.25) is 0 Å². The van der Waals surface area contributed by atoms with Crippen LogP contribution < -0.4 is 10.1 Å². The fourth-order valence-corrected chi connectivity index (χ4v) is 2.03. The van der Waals surface area contributed by atoms with E-state index in [1.54, 1.807) is 13.2 Å². The Kier molecular flexibility index (Phi) is 4.15. The second-order valence-electron chi connectivity index (χ2n) is 3.87. The zero-order valence-corrected chi connectivity index (χ0v) is 11.8. The predicted octanol–water partition coefficient (Wildman–Crippen LogP) is 3.42. The maximum Gasteiger partial charge on any atom is 0.218 e. The van der Waals surface area contributed by atoms with E-state index in [1.165, 1.54) is 11.9 Å². The first kappa shape index (κ1) is 12.8. The summed E-state index contributed by atoms with van der Waals surface area (Å²) in [4.78, 5) is 8.13. The van der Waals surface area contributed by atoms with Crippen LogP contribution in [0.5, 0.6) is 5.88 Å². The normalized spacial score (nSPS) is 11.9. The lowest BCUT2D eigenvalue weighted by Crippen LogP contribution is -2.08. The molecule has 18 heavy (non-hydrogen) atoms. The van der Waals surface area contributed by atoms with Gasteiger partial charge in [-0.25, -0.2) is 9.97 Å². The maximum absolute atomic E-state index is 5.06. The van der Waals surface area contributed by atoms with Gasteiger partial charge in [0, 0.05) is 16.6 Å². The molecule has 0 aliphatic carbocycles. The van der Waals surface area contributed by atoms with Crippen molar-refractivity contribution in [3.05, 3.63) is 46.7 Å². The van der Waals surface area contributed by atoms with Gasteiger partial charge in [-0.05, 0) is 24.6 Å². The lowest BCUT2D eigenvalue weighted by atomic mass is 10.1. The van der Waals surface area contributed by atoms with Gasteiger partial charge in [0.05, 0.1) is 7.11 Å². The Hall–Kier alpha value is -1.62. The highest BCUT2D eigenvalue weighted by Gasteiger charge is 2.07. The van der Waals surface area contributed by atoms with E-state index < -0.39 is 0 Å². The molecule has 0 aliphatic heterocycles. The summed E-state index contributed by atoms with van der Waals surface area (Å²) in [5, 5.41) is 3.31. The van der Waals surface area contributed by atoms with Gasteiger partial charge in [-0.1, -0.05) is 28.1 Å². The van der Waals surface area contributed by atoms with Gasteiger partial charge in [0.25, 0.3) is 0 Å². The van der Waals surface area contributed by atoms with Crippen molar-refractivity contribution < 1.29 is 4.74 Å². The number of methoxy groups -OCH3 is 1. The molecule has 4 nitrogen and oxygen atoms in total. The van der Waals surface area contributed by atoms with Crippen LogP contribution in [0.2, 0.25) is 0 Å². The molecule has 1 unspecified atom stereocenters. The number of nitrogens with zero attached hydrogens (tertiary/aromatic N) is 2. The van der Waals surface area contributed by atoms with Crippen LogP contribution in [-0.4, -0.2) is 17.1 Å². The van der Waals surface area contributed by atoms with Gasteiger partial charge in [-0.15, -0.1) is 0 Å². The molecule has 0 aliphatic rings. The molecule has 2 aromatic rings. The van der Waals surface area contributed by atoms with E-state index in [2.05, 4.69) is 50.3 Å². The molecule has 0 saturated carbocycles. The summed E-state index contributed by atoms with van der Waals surface area (Å²) in [6.07, 6.45) is 1.48. The number of halogens is 1. The maximum atomic E-state index is 5.06. The summed E-state index contributed by atoms with van der Waals surface area (Å²) in [5.41, 5.74) is 1.18. The predicted molar refractivity (Wildman–Crippen MR) is 74.8 cm³/mol. The number of aromatic nitrogens is 2. The molecule has 5 heteroatoms. The van der Waals surface area contributed by atoms with Crippen molar-refractivity contribution in [1.29, 1.82) is 0 Å². The van der Waals surface area contributed by atoms with Crippen LogP contribution in [0, 0.1) is 0 Å². The average molecular weight is 308 g/mol. The van der Waals surface area contributed by atoms with E-state index in [0.29, 0.717) is 5.88 Å². The van der Waals surface area contributed by atoms with Crippen molar-refractivity contribution in [2.75, 3.05) is 12.4 Å². The summed E-state index contributed by atoms with van der Waals surface area (Å²) >= 11 is 3.47. The first-order valence-electron chi connectivity index (χ1n) is 5.57. The summed E-state index contributed by atoms with van der Waals surface area (Å²) in [7, 11) is 1.59. The molecular weight excluding hydrogens is 294 g/mol. The van der Waals surface area contributed by atoms with E-state index in [1.807, 2.05) is 12.1 Å². The Morgan fingerprint density at radius 3 is 2.83 bits per heavy atom. The molecule has 1 N–H and O–H groups in total. The van der Waals surface area contributed by atoms with Crippen molar-refractivity contribution in [3.63, 3.8) is 0 Å². The van der Waals surface area contributed by atoms with Crippen LogP contribution in [0.1, 0.15) is 18.5 Å². The number of anilines is 1. The number of hydrogen-bond donors (Lipinski definition) is 1. The van der Waals surface area contributed by atoms with Crippen LogP contribution in [-0.2, 0) is 0 Å². The van der Waals surface area contributed by atoms with Crippen LogP contribution in [0.25, 0.3) is 0 Å². The van der Waals surface area contributed by atoms with Gasteiger partial charge in [0.15, 0.2) is 0 Å². The van der Waals surface area contributed by atoms with Crippen LogP contribution in [0.3, 0.4) is 0 Å². The second-order valence-corrected chi connectivity index (χ2v) is 4.78. The lowest BCUT2D eigenvalue weighted by Gasteiger charge is -2.15. The van der Waals surface area contributed by atoms with E-state index >= 15 is 0 Å². The summed E-state index contributed by atoms with van der Waals surface area (Å²) in [6, 6.07) is 10.1. The minimum atomic E-state index is 0.155. The smallest absolute Gasteiger partial charge is 0.218 e. The van der Waals surface area contributed by atoms with Crippen LogP contribution >= 0.6 is 15.9 Å². The Morgan fingerprint density at radius 2 is 2.11 bits per heavy atom. The third-order valence-electron chi connectivity index (χ3n) is 2.56. The van der Waals surface area contributed by atoms with Crippen LogP contribution in [0.4, 0.5) is 5.82 Å². The van der Waals surface area contributed by atoms with E-state index in [4.69, 9.17) is 4.74 Å². The third-order valence-corrected chi connectivity index (χ3v) is 3.06. The number of hydrogen-bond acceptors (Lipinski definition) is 4. The van der Waals surface area contributed by atoms with Gasteiger partial charge < -0.3 is 10.1 Å². The molecule has 1 heterocycles. The second kappa shape index (κ2) is 5.82. The Bertz CT molecular complexity index is 533. The molecule has 1 aromatic carbocycles. The Balaban J connectivity index is 2.13. The van der Waals surface area contributed by atoms with Gasteiger partial charge >= 0.3 is 0 Å². The van der Waals surface area contributed by atoms with Gasteiger partial charge in [0.2, 0.25) is 5.88 Å². The van der Waals surface area contributed by atoms with Crippen LogP contribution in [0.15, 0.2) is 41.1 Å². The number of ether oxygens (including phenoxy) is 1. The van der Waals surface area contributed by atoms with Gasteiger partial charge in [-0.2, -0.15) is 0 Å². The molecule has 0 saturated heterocycles. The summed E-state index contributed by atoms with van der Waals surface area (Å²) in [5.74, 6) is 1.29. The molecule has 0 radical (unpaired) electrons. The zero-order valence-electron chi connectivity index (χ0n) is 10.2. The Morgan fingerprint density at radius 1 is 1.28 bits per heavy atom. The highest BCUT2D eigenvalue weighted by molar-refractivity contribution is 9.10. The largest absolute Gasteiger partial charge is 0.481 e. The van der Waals surface area contributed by atoms with Gasteiger partial charge in [0.1, 0.15) is 12.1 Å². The minimum absolute atomic E-state index is 0.155. The van der Waals surface area contributed by atoms with Crippen molar-refractivity contribution in [3.8, 4) is 5.88 Å². The molecule has 2 rings (SSSR count). The number of benzene rings is 1. The molecule has 0 bridgehead atoms. The average Bonchev–Trinajstić information content (AvgIpc) is 2.39. The molecule has 1 atom stereocenters.